The van der Waals surface area contributed by atoms with Gasteiger partial charge in [0.2, 0.25) is 0 Å². The Morgan fingerprint density at radius 1 is 0.840 bits per heavy atom. The van der Waals surface area contributed by atoms with Crippen LogP contribution in [0.1, 0.15) is 53.0 Å². The van der Waals surface area contributed by atoms with E-state index in [2.05, 4.69) is 98.9 Å². The summed E-state index contributed by atoms with van der Waals surface area (Å²) in [5.41, 5.74) is 11.0. The number of furan rings is 1. The van der Waals surface area contributed by atoms with Crippen LogP contribution in [0.3, 0.4) is 0 Å². The number of pyridine rings is 2. The topological polar surface area (TPSA) is 38.9 Å². The summed E-state index contributed by atoms with van der Waals surface area (Å²) >= 11 is 0. The molecule has 0 spiro atoms. The molecule has 4 aromatic carbocycles. The molecule has 6 heteroatoms. The molecule has 0 aliphatic rings. The maximum atomic E-state index is 14.5. The molecular formula is C44H43FIrN2OSi-2. The van der Waals surface area contributed by atoms with Crippen LogP contribution in [0.5, 0.6) is 0 Å². The minimum absolute atomic E-state index is 0. The van der Waals surface area contributed by atoms with Gasteiger partial charge in [0.25, 0.3) is 0 Å². The fourth-order valence-electron chi connectivity index (χ4n) is 6.51. The van der Waals surface area contributed by atoms with E-state index in [4.69, 9.17) is 9.90 Å². The standard InChI is InChI=1S/C26H20NO.C18H23FNSi.Ir/c1-16-13-17(2)25(18(3)14-16)19-11-12-27-23(15-19)22-9-6-8-21-20-7-4-5-10-24(20)28-26(21)22;1-12(2)15-10-17(20-11-18(15)21(4,5)6)14-8-7-13(3)9-16(14)19;/h4-8,10-15H,1-3H3;7,9-12H,1-6H3;/q2*-1;/i;3D3,12D;. The van der Waals surface area contributed by atoms with Crippen LogP contribution >= 0.6 is 0 Å². The molecule has 7 aromatic rings. The van der Waals surface area contributed by atoms with Crippen molar-refractivity contribution in [2.24, 2.45) is 0 Å². The van der Waals surface area contributed by atoms with Gasteiger partial charge < -0.3 is 14.4 Å². The van der Waals surface area contributed by atoms with Crippen LogP contribution in [0.25, 0.3) is 55.6 Å². The fourth-order valence-corrected chi connectivity index (χ4v) is 8.09. The number of hydrogen-bond donors (Lipinski definition) is 0. The second kappa shape index (κ2) is 14.9. The maximum Gasteiger partial charge on any atom is 0.120 e. The van der Waals surface area contributed by atoms with Gasteiger partial charge in [-0.25, -0.2) is 0 Å². The molecule has 0 atom stereocenters. The Hall–Kier alpha value is -4.22. The normalized spacial score (nSPS) is 13.1. The second-order valence-corrected chi connectivity index (χ2v) is 18.9. The van der Waals surface area contributed by atoms with Crippen LogP contribution in [-0.4, -0.2) is 18.0 Å². The molecule has 0 unspecified atom stereocenters. The molecule has 0 aliphatic heterocycles. The minimum Gasteiger partial charge on any atom is -0.501 e. The van der Waals surface area contributed by atoms with Gasteiger partial charge in [0, 0.05) is 49.2 Å². The smallest absolute Gasteiger partial charge is 0.120 e. The van der Waals surface area contributed by atoms with E-state index in [-0.39, 0.29) is 31.2 Å². The van der Waals surface area contributed by atoms with Gasteiger partial charge >= 0.3 is 0 Å². The Morgan fingerprint density at radius 3 is 2.24 bits per heavy atom. The first-order valence-electron chi connectivity index (χ1n) is 18.4. The first-order valence-corrected chi connectivity index (χ1v) is 19.9. The number of nitrogens with zero attached hydrogens (tertiary/aromatic N) is 2. The molecule has 0 aliphatic carbocycles. The Bertz CT molecular complexity index is 2460. The molecule has 0 fully saturated rings. The number of rotatable bonds is 5. The first kappa shape index (κ1) is 31.7. The van der Waals surface area contributed by atoms with Crippen molar-refractivity contribution in [1.82, 2.24) is 9.97 Å². The third kappa shape index (κ3) is 7.58. The average Bonchev–Trinajstić information content (AvgIpc) is 3.46. The Kier molecular flexibility index (Phi) is 9.49. The van der Waals surface area contributed by atoms with Gasteiger partial charge in [-0.05, 0) is 77.6 Å². The van der Waals surface area contributed by atoms with Crippen molar-refractivity contribution in [3.8, 4) is 33.6 Å². The van der Waals surface area contributed by atoms with Crippen molar-refractivity contribution in [3.05, 3.63) is 137 Å². The quantitative estimate of drug-likeness (QED) is 0.128. The third-order valence-electron chi connectivity index (χ3n) is 8.72. The predicted octanol–water partition coefficient (Wildman–Crippen LogP) is 11.7. The molecule has 1 radical (unpaired) electrons. The van der Waals surface area contributed by atoms with Crippen molar-refractivity contribution >= 4 is 35.2 Å². The molecule has 3 nitrogen and oxygen atoms in total. The number of aromatic nitrogens is 2. The molecule has 3 aromatic heterocycles. The molecule has 0 saturated carbocycles. The maximum absolute atomic E-state index is 14.5. The zero-order chi connectivity index (χ0) is 38.5. The SMILES string of the molecule is Cc1cc(C)c(-c2ccnc(-c3[c-]ccc4c3oc3ccccc34)c2)c(C)c1.[2H]C([2H])([2H])c1c[c-]c(-c2cc(C([2H])(C)C)c([Si](C)(C)C)cn2)c(F)c1.[Ir]. The number of hydrogen-bond acceptors (Lipinski definition) is 3. The summed E-state index contributed by atoms with van der Waals surface area (Å²) in [6, 6.07) is 30.9. The fraction of sp³-hybridized carbons (Fsp3) is 0.227. The van der Waals surface area contributed by atoms with E-state index < -0.39 is 26.6 Å². The van der Waals surface area contributed by atoms with Crippen LogP contribution < -0.4 is 5.19 Å². The number of benzene rings is 4. The number of fused-ring (bicyclic) bond motifs is 3. The van der Waals surface area contributed by atoms with Gasteiger partial charge in [-0.3, -0.25) is 4.39 Å². The summed E-state index contributed by atoms with van der Waals surface area (Å²) in [5, 5.41) is 3.28. The molecular weight excluding hydrogens is 812 g/mol. The van der Waals surface area contributed by atoms with Crippen LogP contribution in [0.4, 0.5) is 4.39 Å². The molecule has 0 saturated heterocycles. The molecule has 0 amide bonds. The average molecular weight is 859 g/mol. The van der Waals surface area contributed by atoms with E-state index in [1.54, 1.807) is 26.1 Å². The van der Waals surface area contributed by atoms with Gasteiger partial charge in [-0.2, -0.15) is 0 Å². The van der Waals surface area contributed by atoms with Gasteiger partial charge in [-0.1, -0.05) is 110 Å². The van der Waals surface area contributed by atoms with Gasteiger partial charge in [0.05, 0.1) is 13.7 Å². The van der Waals surface area contributed by atoms with Gasteiger partial charge in [0.15, 0.2) is 0 Å². The molecule has 0 N–H and O–H groups in total. The van der Waals surface area contributed by atoms with Crippen molar-refractivity contribution < 1.29 is 34.4 Å². The Balaban J connectivity index is 0.000000206. The van der Waals surface area contributed by atoms with Crippen molar-refractivity contribution in [2.75, 3.05) is 0 Å². The van der Waals surface area contributed by atoms with Gasteiger partial charge in [-0.15, -0.1) is 42.0 Å². The molecule has 257 valence electrons. The number of para-hydroxylation sites is 1. The van der Waals surface area contributed by atoms with E-state index in [1.807, 2.05) is 30.5 Å². The van der Waals surface area contributed by atoms with Crippen LogP contribution in [0.2, 0.25) is 19.6 Å². The zero-order valence-corrected chi connectivity index (χ0v) is 33.1. The predicted molar refractivity (Wildman–Crippen MR) is 206 cm³/mol. The monoisotopic (exact) mass is 859 g/mol. The van der Waals surface area contributed by atoms with E-state index >= 15 is 0 Å². The second-order valence-electron chi connectivity index (χ2n) is 13.9. The summed E-state index contributed by atoms with van der Waals surface area (Å²) in [4.78, 5) is 9.02. The van der Waals surface area contributed by atoms with Crippen molar-refractivity contribution in [2.45, 2.75) is 67.0 Å². The van der Waals surface area contributed by atoms with E-state index in [9.17, 15) is 4.39 Å². The van der Waals surface area contributed by atoms with Crippen molar-refractivity contribution in [1.29, 1.82) is 0 Å². The molecule has 0 bridgehead atoms. The van der Waals surface area contributed by atoms with Crippen LogP contribution in [-0.2, 0) is 20.1 Å². The third-order valence-corrected chi connectivity index (χ3v) is 10.7. The molecule has 50 heavy (non-hydrogen) atoms. The van der Waals surface area contributed by atoms with E-state index in [1.165, 1.54) is 33.9 Å². The minimum atomic E-state index is -2.38. The summed E-state index contributed by atoms with van der Waals surface area (Å²) < 4.78 is 51.2. The summed E-state index contributed by atoms with van der Waals surface area (Å²) in [6.45, 7) is 14.2. The largest absolute Gasteiger partial charge is 0.501 e. The van der Waals surface area contributed by atoms with E-state index in [0.29, 0.717) is 5.69 Å². The van der Waals surface area contributed by atoms with Crippen LogP contribution in [0, 0.1) is 45.6 Å². The Labute approximate surface area is 316 Å². The zero-order valence-electron chi connectivity index (χ0n) is 33.7. The number of halogens is 1. The van der Waals surface area contributed by atoms with E-state index in [0.717, 1.165) is 50.0 Å². The molecule has 3 heterocycles. The summed E-state index contributed by atoms with van der Waals surface area (Å²) in [6.07, 6.45) is 3.61. The van der Waals surface area contributed by atoms with Gasteiger partial charge in [0.1, 0.15) is 5.58 Å². The van der Waals surface area contributed by atoms with Crippen molar-refractivity contribution in [3.63, 3.8) is 0 Å². The summed E-state index contributed by atoms with van der Waals surface area (Å²) in [7, 11) is -1.72. The number of aryl methyl sites for hydroxylation is 4. The summed E-state index contributed by atoms with van der Waals surface area (Å²) in [5.74, 6) is -1.52. The first-order chi connectivity index (χ1) is 24.8. The molecule has 7 rings (SSSR count). The Morgan fingerprint density at radius 2 is 1.56 bits per heavy atom. The van der Waals surface area contributed by atoms with Crippen LogP contribution in [0.15, 0.2) is 95.7 Å².